The van der Waals surface area contributed by atoms with Crippen LogP contribution in [0.1, 0.15) is 24.8 Å². The number of carbonyl (C=O) groups excluding carboxylic acids is 1. The smallest absolute Gasteiger partial charge is 0.238 e. The summed E-state index contributed by atoms with van der Waals surface area (Å²) in [7, 11) is 1.59. The maximum absolute atomic E-state index is 12.4. The Kier molecular flexibility index (Phi) is 3.83. The molecular weight excluding hydrogens is 258 g/mol. The molecule has 108 valence electrons. The highest BCUT2D eigenvalue weighted by molar-refractivity contribution is 6.12. The number of benzene rings is 1. The Bertz CT molecular complexity index is 551. The molecule has 1 aliphatic rings. The SMILES string of the molecule is COc1ccc(NC(=O)C2(/C(N)=N/O)CCC2)c(C)c1. The Hall–Kier alpha value is -2.24. The summed E-state index contributed by atoms with van der Waals surface area (Å²) in [6.07, 6.45) is 2.10. The van der Waals surface area contributed by atoms with Gasteiger partial charge in [0.15, 0.2) is 5.84 Å². The third-order valence-corrected chi connectivity index (χ3v) is 3.92. The molecule has 0 aliphatic heterocycles. The summed E-state index contributed by atoms with van der Waals surface area (Å²) in [4.78, 5) is 12.4. The fraction of sp³-hybridized carbons (Fsp3) is 0.429. The summed E-state index contributed by atoms with van der Waals surface area (Å²) in [6.45, 7) is 1.88. The van der Waals surface area contributed by atoms with Crippen molar-refractivity contribution in [1.29, 1.82) is 0 Å². The summed E-state index contributed by atoms with van der Waals surface area (Å²) in [5.41, 5.74) is 6.39. The second-order valence-corrected chi connectivity index (χ2v) is 5.06. The van der Waals surface area contributed by atoms with Crippen LogP contribution in [0.4, 0.5) is 5.69 Å². The van der Waals surface area contributed by atoms with Crippen LogP contribution in [0.25, 0.3) is 0 Å². The van der Waals surface area contributed by atoms with Crippen molar-refractivity contribution >= 4 is 17.4 Å². The molecular formula is C14H19N3O3. The van der Waals surface area contributed by atoms with Gasteiger partial charge in [-0.05, 0) is 43.5 Å². The molecule has 1 amide bonds. The minimum absolute atomic E-state index is 0.0209. The molecule has 20 heavy (non-hydrogen) atoms. The molecule has 0 unspecified atom stereocenters. The predicted molar refractivity (Wildman–Crippen MR) is 76.1 cm³/mol. The van der Waals surface area contributed by atoms with Gasteiger partial charge in [0.2, 0.25) is 5.91 Å². The number of anilines is 1. The average molecular weight is 277 g/mol. The number of nitrogens with zero attached hydrogens (tertiary/aromatic N) is 1. The van der Waals surface area contributed by atoms with E-state index >= 15 is 0 Å². The van der Waals surface area contributed by atoms with Gasteiger partial charge in [0.1, 0.15) is 11.2 Å². The molecule has 6 heteroatoms. The average Bonchev–Trinajstić information content (AvgIpc) is 2.39. The first-order chi connectivity index (χ1) is 9.53. The Balaban J connectivity index is 2.19. The van der Waals surface area contributed by atoms with Crippen molar-refractivity contribution in [2.45, 2.75) is 26.2 Å². The van der Waals surface area contributed by atoms with Crippen LogP contribution in [0.2, 0.25) is 0 Å². The zero-order valence-electron chi connectivity index (χ0n) is 11.6. The summed E-state index contributed by atoms with van der Waals surface area (Å²) in [5, 5.41) is 14.7. The van der Waals surface area contributed by atoms with E-state index in [1.807, 2.05) is 13.0 Å². The Morgan fingerprint density at radius 2 is 2.20 bits per heavy atom. The molecule has 0 bridgehead atoms. The first kappa shape index (κ1) is 14.2. The van der Waals surface area contributed by atoms with Gasteiger partial charge in [-0.3, -0.25) is 4.79 Å². The summed E-state index contributed by atoms with van der Waals surface area (Å²) >= 11 is 0. The lowest BCUT2D eigenvalue weighted by Crippen LogP contribution is -2.51. The van der Waals surface area contributed by atoms with Crippen molar-refractivity contribution in [2.24, 2.45) is 16.3 Å². The fourth-order valence-electron chi connectivity index (χ4n) is 2.37. The van der Waals surface area contributed by atoms with Gasteiger partial charge in [-0.1, -0.05) is 11.6 Å². The number of aryl methyl sites for hydroxylation is 1. The number of amides is 1. The summed E-state index contributed by atoms with van der Waals surface area (Å²) < 4.78 is 5.13. The first-order valence-electron chi connectivity index (χ1n) is 6.47. The van der Waals surface area contributed by atoms with E-state index < -0.39 is 5.41 Å². The van der Waals surface area contributed by atoms with Crippen LogP contribution in [-0.4, -0.2) is 24.1 Å². The lowest BCUT2D eigenvalue weighted by Gasteiger charge is -2.38. The van der Waals surface area contributed by atoms with Gasteiger partial charge in [0, 0.05) is 5.69 Å². The number of nitrogens with one attached hydrogen (secondary N) is 1. The molecule has 0 aromatic heterocycles. The third kappa shape index (κ3) is 2.29. The van der Waals surface area contributed by atoms with Gasteiger partial charge in [-0.15, -0.1) is 0 Å². The number of methoxy groups -OCH3 is 1. The molecule has 0 spiro atoms. The number of ether oxygens (including phenoxy) is 1. The Morgan fingerprint density at radius 3 is 2.65 bits per heavy atom. The first-order valence-corrected chi connectivity index (χ1v) is 6.47. The van der Waals surface area contributed by atoms with Crippen molar-refractivity contribution in [3.63, 3.8) is 0 Å². The van der Waals surface area contributed by atoms with Crippen LogP contribution in [0.15, 0.2) is 23.4 Å². The Labute approximate surface area is 117 Å². The lowest BCUT2D eigenvalue weighted by atomic mass is 9.67. The lowest BCUT2D eigenvalue weighted by molar-refractivity contribution is -0.125. The zero-order valence-corrected chi connectivity index (χ0v) is 11.6. The monoisotopic (exact) mass is 277 g/mol. The van der Waals surface area contributed by atoms with Gasteiger partial charge in [-0.25, -0.2) is 0 Å². The molecule has 0 atom stereocenters. The van der Waals surface area contributed by atoms with Crippen LogP contribution in [0.5, 0.6) is 5.75 Å². The van der Waals surface area contributed by atoms with Gasteiger partial charge < -0.3 is 21.0 Å². The van der Waals surface area contributed by atoms with Crippen molar-refractivity contribution in [3.8, 4) is 5.75 Å². The van der Waals surface area contributed by atoms with Crippen LogP contribution in [0, 0.1) is 12.3 Å². The number of hydrogen-bond acceptors (Lipinski definition) is 4. The van der Waals surface area contributed by atoms with Gasteiger partial charge in [-0.2, -0.15) is 0 Å². The molecule has 0 saturated heterocycles. The maximum Gasteiger partial charge on any atom is 0.238 e. The highest BCUT2D eigenvalue weighted by Crippen LogP contribution is 2.42. The van der Waals surface area contributed by atoms with E-state index in [0.29, 0.717) is 18.5 Å². The van der Waals surface area contributed by atoms with Crippen molar-refractivity contribution in [1.82, 2.24) is 0 Å². The van der Waals surface area contributed by atoms with E-state index in [0.717, 1.165) is 17.7 Å². The second kappa shape index (κ2) is 5.40. The molecule has 2 rings (SSSR count). The molecule has 0 heterocycles. The van der Waals surface area contributed by atoms with Crippen molar-refractivity contribution in [2.75, 3.05) is 12.4 Å². The molecule has 4 N–H and O–H groups in total. The quantitative estimate of drug-likeness (QED) is 0.338. The number of amidine groups is 1. The largest absolute Gasteiger partial charge is 0.497 e. The summed E-state index contributed by atoms with van der Waals surface area (Å²) in [5.74, 6) is 0.482. The van der Waals surface area contributed by atoms with Crippen molar-refractivity contribution in [3.05, 3.63) is 23.8 Å². The zero-order chi connectivity index (χ0) is 14.8. The fourth-order valence-corrected chi connectivity index (χ4v) is 2.37. The molecule has 1 aliphatic carbocycles. The predicted octanol–water partition coefficient (Wildman–Crippen LogP) is 1.86. The number of hydrogen-bond donors (Lipinski definition) is 3. The highest BCUT2D eigenvalue weighted by Gasteiger charge is 2.48. The second-order valence-electron chi connectivity index (χ2n) is 5.06. The molecule has 1 saturated carbocycles. The van der Waals surface area contributed by atoms with Gasteiger partial charge in [0.05, 0.1) is 7.11 Å². The standard InChI is InChI=1S/C14H19N3O3/c1-9-8-10(20-2)4-5-11(9)16-13(18)14(6-3-7-14)12(15)17-19/h4-5,8,19H,3,6-7H2,1-2H3,(H2,15,17)(H,16,18). The molecule has 6 nitrogen and oxygen atoms in total. The topological polar surface area (TPSA) is 96.9 Å². The van der Waals surface area contributed by atoms with E-state index in [9.17, 15) is 4.79 Å². The van der Waals surface area contributed by atoms with Crippen LogP contribution in [-0.2, 0) is 4.79 Å². The Morgan fingerprint density at radius 1 is 1.50 bits per heavy atom. The summed E-state index contributed by atoms with van der Waals surface area (Å²) in [6, 6.07) is 5.40. The number of oxime groups is 1. The molecule has 0 radical (unpaired) electrons. The van der Waals surface area contributed by atoms with Crippen LogP contribution in [0.3, 0.4) is 0 Å². The minimum atomic E-state index is -0.874. The van der Waals surface area contributed by atoms with Gasteiger partial charge in [0.25, 0.3) is 0 Å². The highest BCUT2D eigenvalue weighted by atomic mass is 16.5. The van der Waals surface area contributed by atoms with Crippen molar-refractivity contribution < 1.29 is 14.7 Å². The number of rotatable bonds is 4. The maximum atomic E-state index is 12.4. The van der Waals surface area contributed by atoms with E-state index in [2.05, 4.69) is 10.5 Å². The third-order valence-electron chi connectivity index (χ3n) is 3.92. The van der Waals surface area contributed by atoms with E-state index in [1.54, 1.807) is 19.2 Å². The molecule has 1 aromatic rings. The van der Waals surface area contributed by atoms with Gasteiger partial charge >= 0.3 is 0 Å². The van der Waals surface area contributed by atoms with Crippen LogP contribution < -0.4 is 15.8 Å². The number of carbonyl (C=O) groups is 1. The van der Waals surface area contributed by atoms with E-state index in [-0.39, 0.29) is 11.7 Å². The van der Waals surface area contributed by atoms with E-state index in [1.165, 1.54) is 0 Å². The minimum Gasteiger partial charge on any atom is -0.497 e. The number of nitrogens with two attached hydrogens (primary N) is 1. The normalized spacial score (nSPS) is 17.2. The van der Waals surface area contributed by atoms with E-state index in [4.69, 9.17) is 15.7 Å². The molecule has 1 aromatic carbocycles. The molecule has 1 fully saturated rings. The van der Waals surface area contributed by atoms with Crippen LogP contribution >= 0.6 is 0 Å².